The van der Waals surface area contributed by atoms with Gasteiger partial charge in [-0.05, 0) is 76.0 Å². The van der Waals surface area contributed by atoms with Crippen LogP contribution in [-0.2, 0) is 0 Å². The summed E-state index contributed by atoms with van der Waals surface area (Å²) in [6.07, 6.45) is 0. The van der Waals surface area contributed by atoms with Crippen LogP contribution in [0.25, 0.3) is 73.4 Å². The van der Waals surface area contributed by atoms with Gasteiger partial charge in [0.25, 0.3) is 0 Å². The van der Waals surface area contributed by atoms with Crippen LogP contribution >= 0.6 is 22.7 Å². The van der Waals surface area contributed by atoms with Gasteiger partial charge in [-0.3, -0.25) is 0 Å². The second kappa shape index (κ2) is 11.5. The molecule has 0 unspecified atom stereocenters. The lowest BCUT2D eigenvalue weighted by Crippen LogP contribution is -2.11. The van der Waals surface area contributed by atoms with Gasteiger partial charge in [-0.15, -0.1) is 22.7 Å². The molecule has 8 aromatic carbocycles. The molecule has 0 atom stereocenters. The first kappa shape index (κ1) is 28.3. The van der Waals surface area contributed by atoms with Crippen LogP contribution in [0.5, 0.6) is 0 Å². The quantitative estimate of drug-likeness (QED) is 0.178. The number of anilines is 3. The van der Waals surface area contributed by atoms with Crippen molar-refractivity contribution in [1.82, 2.24) is 0 Å². The predicted octanol–water partition coefficient (Wildman–Crippen LogP) is 14.4. The number of benzene rings is 8. The lowest BCUT2D eigenvalue weighted by atomic mass is 10.00. The van der Waals surface area contributed by atoms with Crippen molar-refractivity contribution in [2.75, 3.05) is 4.90 Å². The summed E-state index contributed by atoms with van der Waals surface area (Å²) in [6.45, 7) is 0. The SMILES string of the molecule is c1ccc(-c2ccccc2N(c2ccc(-c3cccc4c3sc3ccccc34)cc2)c2ccc3sc4ccc5ccccc5c4c3c2)cc1. The Morgan fingerprint density at radius 3 is 1.92 bits per heavy atom. The van der Waals surface area contributed by atoms with Gasteiger partial charge in [0.05, 0.1) is 5.69 Å². The van der Waals surface area contributed by atoms with Crippen molar-refractivity contribution in [2.45, 2.75) is 0 Å². The smallest absolute Gasteiger partial charge is 0.0540 e. The number of para-hydroxylation sites is 1. The predicted molar refractivity (Wildman–Crippen MR) is 215 cm³/mol. The van der Waals surface area contributed by atoms with E-state index in [0.29, 0.717) is 0 Å². The minimum Gasteiger partial charge on any atom is -0.310 e. The van der Waals surface area contributed by atoms with Gasteiger partial charge in [-0.1, -0.05) is 127 Å². The van der Waals surface area contributed by atoms with Crippen LogP contribution in [0.1, 0.15) is 0 Å². The molecule has 49 heavy (non-hydrogen) atoms. The maximum Gasteiger partial charge on any atom is 0.0540 e. The van der Waals surface area contributed by atoms with Gasteiger partial charge in [0, 0.05) is 57.3 Å². The fourth-order valence-corrected chi connectivity index (χ4v) is 9.74. The summed E-state index contributed by atoms with van der Waals surface area (Å²) in [5, 5.41) is 7.86. The molecule has 230 valence electrons. The van der Waals surface area contributed by atoms with Crippen molar-refractivity contribution in [2.24, 2.45) is 0 Å². The van der Waals surface area contributed by atoms with Crippen LogP contribution in [0, 0.1) is 0 Å². The van der Waals surface area contributed by atoms with Crippen LogP contribution in [0.2, 0.25) is 0 Å². The lowest BCUT2D eigenvalue weighted by molar-refractivity contribution is 1.29. The average molecular weight is 660 g/mol. The standard InChI is InChI=1S/C46H29NS2/c1-2-11-30(12-3-1)35-14-6-8-19-41(35)47(34-26-28-43-40(29-34)45-36-15-5-4-13-31(36)23-27-44(45)48-43)33-24-21-32(22-25-33)37-17-10-18-39-38-16-7-9-20-42(38)49-46(37)39/h1-29H. The van der Waals surface area contributed by atoms with Gasteiger partial charge >= 0.3 is 0 Å². The summed E-state index contributed by atoms with van der Waals surface area (Å²) in [5.74, 6) is 0. The Morgan fingerprint density at radius 1 is 0.367 bits per heavy atom. The third-order valence-electron chi connectivity index (χ3n) is 9.67. The first-order valence-corrected chi connectivity index (χ1v) is 18.2. The summed E-state index contributed by atoms with van der Waals surface area (Å²) in [5.41, 5.74) is 8.31. The summed E-state index contributed by atoms with van der Waals surface area (Å²) in [7, 11) is 0. The number of hydrogen-bond acceptors (Lipinski definition) is 3. The van der Waals surface area contributed by atoms with E-state index in [2.05, 4.69) is 181 Å². The first-order valence-electron chi connectivity index (χ1n) is 16.6. The summed E-state index contributed by atoms with van der Waals surface area (Å²) in [4.78, 5) is 2.43. The lowest BCUT2D eigenvalue weighted by Gasteiger charge is -2.28. The number of fused-ring (bicyclic) bond motifs is 8. The maximum absolute atomic E-state index is 2.43. The van der Waals surface area contributed by atoms with Crippen molar-refractivity contribution in [3.8, 4) is 22.3 Å². The largest absolute Gasteiger partial charge is 0.310 e. The van der Waals surface area contributed by atoms with Gasteiger partial charge in [0.2, 0.25) is 0 Å². The topological polar surface area (TPSA) is 3.24 Å². The average Bonchev–Trinajstić information content (AvgIpc) is 3.74. The Balaban J connectivity index is 1.17. The second-order valence-electron chi connectivity index (χ2n) is 12.5. The highest BCUT2D eigenvalue weighted by Gasteiger charge is 2.19. The fraction of sp³-hybridized carbons (Fsp3) is 0. The molecular weight excluding hydrogens is 631 g/mol. The van der Waals surface area contributed by atoms with Gasteiger partial charge in [-0.2, -0.15) is 0 Å². The molecule has 0 saturated heterocycles. The molecule has 0 spiro atoms. The van der Waals surface area contributed by atoms with Gasteiger partial charge in [-0.25, -0.2) is 0 Å². The Hall–Kier alpha value is -5.74. The number of nitrogens with zero attached hydrogens (tertiary/aromatic N) is 1. The zero-order chi connectivity index (χ0) is 32.3. The number of hydrogen-bond donors (Lipinski definition) is 0. The zero-order valence-corrected chi connectivity index (χ0v) is 28.1. The Morgan fingerprint density at radius 2 is 1.02 bits per heavy atom. The molecule has 0 saturated carbocycles. The normalized spacial score (nSPS) is 11.7. The third-order valence-corrected chi connectivity index (χ3v) is 12.0. The molecule has 0 radical (unpaired) electrons. The van der Waals surface area contributed by atoms with E-state index in [1.54, 1.807) is 0 Å². The van der Waals surface area contributed by atoms with Crippen molar-refractivity contribution < 1.29 is 0 Å². The van der Waals surface area contributed by atoms with E-state index in [4.69, 9.17) is 0 Å². The van der Waals surface area contributed by atoms with Gasteiger partial charge in [0.1, 0.15) is 0 Å². The Kier molecular flexibility index (Phi) is 6.61. The molecule has 0 aliphatic heterocycles. The molecule has 2 heterocycles. The minimum absolute atomic E-state index is 1.12. The molecule has 3 heteroatoms. The van der Waals surface area contributed by atoms with Gasteiger partial charge < -0.3 is 4.90 Å². The van der Waals surface area contributed by atoms with Crippen LogP contribution in [0.3, 0.4) is 0 Å². The minimum atomic E-state index is 1.12. The molecule has 2 aromatic heterocycles. The monoisotopic (exact) mass is 659 g/mol. The van der Waals surface area contributed by atoms with E-state index in [-0.39, 0.29) is 0 Å². The zero-order valence-electron chi connectivity index (χ0n) is 26.5. The van der Waals surface area contributed by atoms with Crippen LogP contribution in [-0.4, -0.2) is 0 Å². The van der Waals surface area contributed by atoms with Crippen LogP contribution in [0.15, 0.2) is 176 Å². The second-order valence-corrected chi connectivity index (χ2v) is 14.6. The van der Waals surface area contributed by atoms with E-state index < -0.39 is 0 Å². The molecule has 0 fully saturated rings. The summed E-state index contributed by atoms with van der Waals surface area (Å²) in [6, 6.07) is 64.3. The van der Waals surface area contributed by atoms with Crippen molar-refractivity contribution >= 4 is 90.9 Å². The van der Waals surface area contributed by atoms with E-state index >= 15 is 0 Å². The highest BCUT2D eigenvalue weighted by atomic mass is 32.1. The van der Waals surface area contributed by atoms with E-state index in [1.165, 1.54) is 73.4 Å². The van der Waals surface area contributed by atoms with E-state index in [1.807, 2.05) is 22.7 Å². The molecule has 10 rings (SSSR count). The molecule has 10 aromatic rings. The highest BCUT2D eigenvalue weighted by molar-refractivity contribution is 7.26. The molecule has 0 N–H and O–H groups in total. The van der Waals surface area contributed by atoms with E-state index in [9.17, 15) is 0 Å². The number of thiophene rings is 2. The summed E-state index contributed by atoms with van der Waals surface area (Å²) < 4.78 is 5.29. The van der Waals surface area contributed by atoms with Crippen LogP contribution < -0.4 is 4.90 Å². The van der Waals surface area contributed by atoms with Crippen molar-refractivity contribution in [1.29, 1.82) is 0 Å². The molecule has 0 amide bonds. The molecule has 0 aliphatic rings. The van der Waals surface area contributed by atoms with Crippen molar-refractivity contribution in [3.63, 3.8) is 0 Å². The van der Waals surface area contributed by atoms with Crippen LogP contribution in [0.4, 0.5) is 17.1 Å². The van der Waals surface area contributed by atoms with Gasteiger partial charge in [0.15, 0.2) is 0 Å². The number of rotatable bonds is 5. The molecule has 1 nitrogen and oxygen atoms in total. The Labute approximate surface area is 292 Å². The highest BCUT2D eigenvalue weighted by Crippen LogP contribution is 2.46. The van der Waals surface area contributed by atoms with E-state index in [0.717, 1.165) is 17.1 Å². The summed E-state index contributed by atoms with van der Waals surface area (Å²) >= 11 is 3.75. The first-order chi connectivity index (χ1) is 24.3. The Bertz CT molecular complexity index is 2830. The molecular formula is C46H29NS2. The third kappa shape index (κ3) is 4.66. The van der Waals surface area contributed by atoms with Crippen molar-refractivity contribution in [3.05, 3.63) is 176 Å². The molecule has 0 bridgehead atoms. The maximum atomic E-state index is 2.43. The fourth-order valence-electron chi connectivity index (χ4n) is 7.40. The molecule has 0 aliphatic carbocycles.